The van der Waals surface area contributed by atoms with E-state index in [9.17, 15) is 14.4 Å². The molecule has 7 heteroatoms. The zero-order valence-electron chi connectivity index (χ0n) is 15.9. The molecule has 2 aromatic carbocycles. The molecule has 1 aliphatic rings. The minimum atomic E-state index is -0.565. The van der Waals surface area contributed by atoms with Crippen molar-refractivity contribution >= 4 is 34.0 Å². The van der Waals surface area contributed by atoms with Crippen molar-refractivity contribution in [3.05, 3.63) is 70.1 Å². The predicted molar refractivity (Wildman–Crippen MR) is 114 cm³/mol. The summed E-state index contributed by atoms with van der Waals surface area (Å²) in [5.74, 6) is -1.02. The lowest BCUT2D eigenvalue weighted by Crippen LogP contribution is -2.31. The van der Waals surface area contributed by atoms with E-state index in [0.29, 0.717) is 22.0 Å². The Balaban J connectivity index is 1.70. The number of H-pyrrole nitrogens is 1. The SMILES string of the molecule is NC(=O)c1ccc(N2CCCCC2)c(NC(=O)c2cc3ccccc3c(=O)[nH]2)c1. The molecule has 3 aromatic rings. The normalized spacial score (nSPS) is 14.0. The number of carbonyl (C=O) groups excluding carboxylic acids is 2. The predicted octanol–water partition coefficient (Wildman–Crippen LogP) is 2.87. The molecule has 2 amide bonds. The number of anilines is 2. The lowest BCUT2D eigenvalue weighted by atomic mass is 10.1. The molecule has 1 fully saturated rings. The van der Waals surface area contributed by atoms with Crippen molar-refractivity contribution in [1.82, 2.24) is 4.98 Å². The molecule has 1 aliphatic heterocycles. The summed E-state index contributed by atoms with van der Waals surface area (Å²) in [6.07, 6.45) is 3.32. The van der Waals surface area contributed by atoms with Crippen LogP contribution in [0.15, 0.2) is 53.3 Å². The number of aromatic nitrogens is 1. The van der Waals surface area contributed by atoms with Gasteiger partial charge in [0.1, 0.15) is 5.69 Å². The number of piperidine rings is 1. The fraction of sp³-hybridized carbons (Fsp3) is 0.227. The van der Waals surface area contributed by atoms with Crippen molar-refractivity contribution in [3.63, 3.8) is 0 Å². The molecule has 4 N–H and O–H groups in total. The standard InChI is InChI=1S/C22H22N4O3/c23-20(27)15-8-9-19(26-10-4-1-5-11-26)17(13-15)24-22(29)18-12-14-6-2-3-7-16(14)21(28)25-18/h2-3,6-9,12-13H,1,4-5,10-11H2,(H2,23,27)(H,24,29)(H,25,28). The number of nitrogens with two attached hydrogens (primary N) is 1. The van der Waals surface area contributed by atoms with Crippen molar-refractivity contribution in [2.24, 2.45) is 5.73 Å². The summed E-state index contributed by atoms with van der Waals surface area (Å²) in [5, 5.41) is 4.06. The first kappa shape index (κ1) is 18.7. The second-order valence-corrected chi connectivity index (χ2v) is 7.20. The molecule has 0 bridgehead atoms. The molecular weight excluding hydrogens is 368 g/mol. The van der Waals surface area contributed by atoms with E-state index in [0.717, 1.165) is 31.6 Å². The third kappa shape index (κ3) is 3.85. The van der Waals surface area contributed by atoms with Crippen LogP contribution >= 0.6 is 0 Å². The van der Waals surface area contributed by atoms with Gasteiger partial charge < -0.3 is 20.9 Å². The fourth-order valence-electron chi connectivity index (χ4n) is 3.72. The fourth-order valence-corrected chi connectivity index (χ4v) is 3.72. The van der Waals surface area contributed by atoms with Gasteiger partial charge in [0.25, 0.3) is 11.5 Å². The Morgan fingerprint density at radius 1 is 1.00 bits per heavy atom. The van der Waals surface area contributed by atoms with Crippen LogP contribution in [0.25, 0.3) is 10.8 Å². The summed E-state index contributed by atoms with van der Waals surface area (Å²) < 4.78 is 0. The van der Waals surface area contributed by atoms with E-state index < -0.39 is 11.8 Å². The van der Waals surface area contributed by atoms with Crippen molar-refractivity contribution in [2.45, 2.75) is 19.3 Å². The maximum absolute atomic E-state index is 12.9. The van der Waals surface area contributed by atoms with Crippen LogP contribution in [0.1, 0.15) is 40.1 Å². The number of hydrogen-bond donors (Lipinski definition) is 3. The second kappa shape index (κ2) is 7.79. The molecule has 2 heterocycles. The molecule has 0 spiro atoms. The highest BCUT2D eigenvalue weighted by Crippen LogP contribution is 2.30. The topological polar surface area (TPSA) is 108 Å². The van der Waals surface area contributed by atoms with E-state index in [-0.39, 0.29) is 11.3 Å². The summed E-state index contributed by atoms with van der Waals surface area (Å²) >= 11 is 0. The van der Waals surface area contributed by atoms with Gasteiger partial charge in [0, 0.05) is 24.0 Å². The van der Waals surface area contributed by atoms with Crippen LogP contribution in [0.3, 0.4) is 0 Å². The Bertz CT molecular complexity index is 1150. The number of pyridine rings is 1. The van der Waals surface area contributed by atoms with Gasteiger partial charge in [0.15, 0.2) is 0 Å². The van der Waals surface area contributed by atoms with Crippen molar-refractivity contribution < 1.29 is 9.59 Å². The van der Waals surface area contributed by atoms with E-state index in [1.807, 2.05) is 12.1 Å². The smallest absolute Gasteiger partial charge is 0.272 e. The van der Waals surface area contributed by atoms with Crippen LogP contribution in [-0.4, -0.2) is 29.9 Å². The zero-order valence-corrected chi connectivity index (χ0v) is 15.9. The van der Waals surface area contributed by atoms with E-state index >= 15 is 0 Å². The summed E-state index contributed by atoms with van der Waals surface area (Å²) in [7, 11) is 0. The molecule has 148 valence electrons. The van der Waals surface area contributed by atoms with Crippen LogP contribution in [0.5, 0.6) is 0 Å². The van der Waals surface area contributed by atoms with Crippen LogP contribution in [0.4, 0.5) is 11.4 Å². The molecule has 7 nitrogen and oxygen atoms in total. The molecule has 4 rings (SSSR count). The number of amides is 2. The number of carbonyl (C=O) groups is 2. The number of primary amides is 1. The first-order valence-corrected chi connectivity index (χ1v) is 9.65. The lowest BCUT2D eigenvalue weighted by Gasteiger charge is -2.30. The van der Waals surface area contributed by atoms with Gasteiger partial charge in [0.2, 0.25) is 5.91 Å². The Morgan fingerprint density at radius 3 is 2.52 bits per heavy atom. The number of nitrogens with one attached hydrogen (secondary N) is 2. The summed E-state index contributed by atoms with van der Waals surface area (Å²) in [6.45, 7) is 1.76. The summed E-state index contributed by atoms with van der Waals surface area (Å²) in [5.41, 5.74) is 6.91. The Hall–Kier alpha value is -3.61. The number of hydrogen-bond acceptors (Lipinski definition) is 4. The molecule has 0 unspecified atom stereocenters. The number of benzene rings is 2. The van der Waals surface area contributed by atoms with Gasteiger partial charge in [-0.3, -0.25) is 14.4 Å². The van der Waals surface area contributed by atoms with Gasteiger partial charge in [-0.15, -0.1) is 0 Å². The van der Waals surface area contributed by atoms with Gasteiger partial charge in [-0.2, -0.15) is 0 Å². The maximum Gasteiger partial charge on any atom is 0.272 e. The molecule has 29 heavy (non-hydrogen) atoms. The lowest BCUT2D eigenvalue weighted by molar-refractivity contribution is 0.0995. The molecule has 0 saturated carbocycles. The second-order valence-electron chi connectivity index (χ2n) is 7.20. The number of fused-ring (bicyclic) bond motifs is 1. The van der Waals surface area contributed by atoms with Gasteiger partial charge in [-0.05, 0) is 55.0 Å². The molecule has 0 aliphatic carbocycles. The Morgan fingerprint density at radius 2 is 1.76 bits per heavy atom. The molecule has 1 saturated heterocycles. The van der Waals surface area contributed by atoms with Crippen molar-refractivity contribution in [2.75, 3.05) is 23.3 Å². The Kier molecular flexibility index (Phi) is 5.03. The van der Waals surface area contributed by atoms with Crippen LogP contribution in [0.2, 0.25) is 0 Å². The van der Waals surface area contributed by atoms with Crippen molar-refractivity contribution in [3.8, 4) is 0 Å². The van der Waals surface area contributed by atoms with E-state index in [2.05, 4.69) is 15.2 Å². The zero-order chi connectivity index (χ0) is 20.4. The highest BCUT2D eigenvalue weighted by molar-refractivity contribution is 6.07. The van der Waals surface area contributed by atoms with Crippen molar-refractivity contribution in [1.29, 1.82) is 0 Å². The van der Waals surface area contributed by atoms with E-state index in [4.69, 9.17) is 5.73 Å². The number of aromatic amines is 1. The van der Waals surface area contributed by atoms with Crippen LogP contribution in [0, 0.1) is 0 Å². The first-order chi connectivity index (χ1) is 14.0. The molecule has 0 atom stereocenters. The monoisotopic (exact) mass is 390 g/mol. The number of nitrogens with zero attached hydrogens (tertiary/aromatic N) is 1. The highest BCUT2D eigenvalue weighted by atomic mass is 16.2. The first-order valence-electron chi connectivity index (χ1n) is 9.65. The van der Waals surface area contributed by atoms with Crippen LogP contribution < -0.4 is 21.5 Å². The van der Waals surface area contributed by atoms with E-state index in [1.165, 1.54) is 6.42 Å². The molecule has 1 aromatic heterocycles. The van der Waals surface area contributed by atoms with E-state index in [1.54, 1.807) is 36.4 Å². The largest absolute Gasteiger partial charge is 0.370 e. The maximum atomic E-state index is 12.9. The minimum absolute atomic E-state index is 0.155. The summed E-state index contributed by atoms with van der Waals surface area (Å²) in [6, 6.07) is 13.8. The average Bonchev–Trinajstić information content (AvgIpc) is 2.74. The van der Waals surface area contributed by atoms with Gasteiger partial charge >= 0.3 is 0 Å². The molecular formula is C22H22N4O3. The number of rotatable bonds is 4. The minimum Gasteiger partial charge on any atom is -0.370 e. The highest BCUT2D eigenvalue weighted by Gasteiger charge is 2.18. The third-order valence-electron chi connectivity index (χ3n) is 5.22. The molecule has 0 radical (unpaired) electrons. The van der Waals surface area contributed by atoms with Crippen LogP contribution in [-0.2, 0) is 0 Å². The average molecular weight is 390 g/mol. The van der Waals surface area contributed by atoms with Gasteiger partial charge in [0.05, 0.1) is 11.4 Å². The van der Waals surface area contributed by atoms with Gasteiger partial charge in [-0.1, -0.05) is 18.2 Å². The summed E-state index contributed by atoms with van der Waals surface area (Å²) in [4.78, 5) is 41.7. The van der Waals surface area contributed by atoms with Gasteiger partial charge in [-0.25, -0.2) is 0 Å². The quantitative estimate of drug-likeness (QED) is 0.636. The Labute approximate surface area is 167 Å². The third-order valence-corrected chi connectivity index (χ3v) is 5.22.